The first kappa shape index (κ1) is 34.0. The lowest BCUT2D eigenvalue weighted by atomic mass is 9.90. The molecule has 1 aliphatic heterocycles. The molecule has 0 bridgehead atoms. The second-order valence-corrected chi connectivity index (χ2v) is 23.2. The third-order valence-electron chi connectivity index (χ3n) is 9.09. The quantitative estimate of drug-likeness (QED) is 0.0994. The largest absolute Gasteiger partial charge is 0.543 e. The Morgan fingerprint density at radius 2 is 1.19 bits per heavy atom. The molecule has 0 radical (unpaired) electrons. The van der Waals surface area contributed by atoms with Gasteiger partial charge < -0.3 is 4.43 Å². The normalized spacial score (nSPS) is 20.8. The molecule has 0 amide bonds. The Kier molecular flexibility index (Phi) is 11.5. The molecule has 1 aliphatic rings. The van der Waals surface area contributed by atoms with E-state index in [1.54, 1.807) is 0 Å². The maximum atomic E-state index is 15.9. The first-order valence-electron chi connectivity index (χ1n) is 15.1. The number of benzene rings is 4. The summed E-state index contributed by atoms with van der Waals surface area (Å²) >= 11 is 0. The predicted molar refractivity (Wildman–Crippen MR) is 198 cm³/mol. The van der Waals surface area contributed by atoms with Crippen LogP contribution >= 0.6 is 31.9 Å². The van der Waals surface area contributed by atoms with Crippen molar-refractivity contribution in [2.24, 2.45) is 0 Å². The summed E-state index contributed by atoms with van der Waals surface area (Å²) in [5.74, 6) is -0.0826. The van der Waals surface area contributed by atoms with Gasteiger partial charge in [-0.3, -0.25) is 0 Å². The SMILES string of the molecule is CC(C)(C)[Si](C)(C)Oc1ccccc1C1C(F)C[SiH](Cc2ccc(P(c3ccccc3)c3ccccc3)cc2)CC1F.I. The van der Waals surface area contributed by atoms with Gasteiger partial charge in [-0.25, -0.2) is 8.78 Å². The molecule has 0 spiro atoms. The molecule has 5 rings (SSSR count). The molecule has 0 N–H and O–H groups in total. The van der Waals surface area contributed by atoms with Crippen LogP contribution < -0.4 is 20.3 Å². The van der Waals surface area contributed by atoms with Gasteiger partial charge in [-0.2, -0.15) is 0 Å². The zero-order valence-corrected chi connectivity index (χ0v) is 31.2. The van der Waals surface area contributed by atoms with E-state index in [0.29, 0.717) is 23.4 Å². The molecule has 4 aromatic rings. The molecule has 2 unspecified atom stereocenters. The van der Waals surface area contributed by atoms with Crippen molar-refractivity contribution in [2.75, 3.05) is 0 Å². The summed E-state index contributed by atoms with van der Waals surface area (Å²) in [4.78, 5) is 0. The molecule has 2 atom stereocenters. The van der Waals surface area contributed by atoms with E-state index in [-0.39, 0.29) is 29.0 Å². The molecule has 1 heterocycles. The third-order valence-corrected chi connectivity index (χ3v) is 19.2. The monoisotopic (exact) mass is 744 g/mol. The number of halogens is 3. The van der Waals surface area contributed by atoms with Crippen molar-refractivity contribution in [3.63, 3.8) is 0 Å². The number of hydrogen-bond donors (Lipinski definition) is 0. The lowest BCUT2D eigenvalue weighted by Crippen LogP contribution is -2.44. The Balaban J connectivity index is 0.00000423. The summed E-state index contributed by atoms with van der Waals surface area (Å²) < 4.78 is 38.3. The topological polar surface area (TPSA) is 9.23 Å². The lowest BCUT2D eigenvalue weighted by molar-refractivity contribution is 0.189. The van der Waals surface area contributed by atoms with Gasteiger partial charge in [0.1, 0.15) is 18.1 Å². The maximum absolute atomic E-state index is 15.9. The fourth-order valence-electron chi connectivity index (χ4n) is 5.80. The van der Waals surface area contributed by atoms with Crippen molar-refractivity contribution >= 4 is 64.9 Å². The molecule has 4 aromatic carbocycles. The molecule has 0 aromatic heterocycles. The minimum Gasteiger partial charge on any atom is -0.543 e. The Bertz CT molecular complexity index is 1400. The van der Waals surface area contributed by atoms with Crippen molar-refractivity contribution in [3.8, 4) is 5.75 Å². The fourth-order valence-corrected chi connectivity index (χ4v) is 12.5. The van der Waals surface area contributed by atoms with Crippen LogP contribution in [0.15, 0.2) is 109 Å². The minimum absolute atomic E-state index is 0. The van der Waals surface area contributed by atoms with Crippen LogP contribution in [-0.4, -0.2) is 29.5 Å². The van der Waals surface area contributed by atoms with Crippen molar-refractivity contribution in [1.82, 2.24) is 0 Å². The molecule has 1 saturated heterocycles. The highest BCUT2D eigenvalue weighted by atomic mass is 127. The van der Waals surface area contributed by atoms with Crippen LogP contribution in [0.4, 0.5) is 8.78 Å². The molecule has 0 saturated carbocycles. The van der Waals surface area contributed by atoms with E-state index in [0.717, 1.165) is 6.04 Å². The van der Waals surface area contributed by atoms with Crippen LogP contribution in [0, 0.1) is 0 Å². The summed E-state index contributed by atoms with van der Waals surface area (Å²) in [6, 6.07) is 39.6. The van der Waals surface area contributed by atoms with Crippen LogP contribution in [0.25, 0.3) is 0 Å². The van der Waals surface area contributed by atoms with Gasteiger partial charge >= 0.3 is 0 Å². The van der Waals surface area contributed by atoms with Crippen LogP contribution in [-0.2, 0) is 6.04 Å². The van der Waals surface area contributed by atoms with Gasteiger partial charge in [0.2, 0.25) is 8.32 Å². The Hall–Kier alpha value is -1.87. The van der Waals surface area contributed by atoms with E-state index in [1.807, 2.05) is 24.3 Å². The molecule has 1 nitrogen and oxygen atoms in total. The van der Waals surface area contributed by atoms with Crippen molar-refractivity contribution in [1.29, 1.82) is 0 Å². The molecular weight excluding hydrogens is 700 g/mol. The average Bonchev–Trinajstić information content (AvgIpc) is 2.95. The summed E-state index contributed by atoms with van der Waals surface area (Å²) in [7, 11) is -4.46. The maximum Gasteiger partial charge on any atom is 0.250 e. The smallest absolute Gasteiger partial charge is 0.250 e. The Morgan fingerprint density at radius 3 is 1.70 bits per heavy atom. The Morgan fingerprint density at radius 1 is 0.721 bits per heavy atom. The zero-order chi connectivity index (χ0) is 29.9. The van der Waals surface area contributed by atoms with E-state index >= 15 is 8.78 Å². The highest BCUT2D eigenvalue weighted by Gasteiger charge is 2.43. The zero-order valence-electron chi connectivity index (χ0n) is 25.8. The second-order valence-electron chi connectivity index (χ2n) is 13.2. The predicted octanol–water partition coefficient (Wildman–Crippen LogP) is 9.23. The Labute approximate surface area is 278 Å². The van der Waals surface area contributed by atoms with Gasteiger partial charge in [0, 0.05) is 20.3 Å². The van der Waals surface area contributed by atoms with Gasteiger partial charge in [0.25, 0.3) is 0 Å². The van der Waals surface area contributed by atoms with Crippen molar-refractivity contribution < 1.29 is 13.2 Å². The van der Waals surface area contributed by atoms with Crippen LogP contribution in [0.5, 0.6) is 5.75 Å². The van der Waals surface area contributed by atoms with Crippen molar-refractivity contribution in [2.45, 2.75) is 75.3 Å². The third kappa shape index (κ3) is 8.05. The first-order valence-corrected chi connectivity index (χ1v) is 21.8. The van der Waals surface area contributed by atoms with Crippen LogP contribution in [0.2, 0.25) is 30.2 Å². The molecular formula is C36H44F2IOPSi2. The minimum atomic E-state index is -2.14. The summed E-state index contributed by atoms with van der Waals surface area (Å²) in [5.41, 5.74) is 1.90. The van der Waals surface area contributed by atoms with E-state index in [4.69, 9.17) is 4.43 Å². The van der Waals surface area contributed by atoms with Crippen LogP contribution in [0.1, 0.15) is 37.8 Å². The fraction of sp³-hybridized carbons (Fsp3) is 0.333. The number of rotatable bonds is 8. The number of hydrogen-bond acceptors (Lipinski definition) is 1. The standard InChI is InChI=1S/C36H43F2OPSi2.HI/c1-36(2,3)42(4,5)39-34-19-13-12-18-31(34)35-32(37)25-41(26-33(35)38)24-27-20-22-30(23-21-27)40(28-14-8-6-9-15-28)29-16-10-7-11-17-29;/h6-23,32-33,35,41H,24-26H2,1-5H3;1H. The molecule has 1 fully saturated rings. The summed E-state index contributed by atoms with van der Waals surface area (Å²) in [6.45, 7) is 10.9. The van der Waals surface area contributed by atoms with E-state index < -0.39 is 43.3 Å². The highest BCUT2D eigenvalue weighted by molar-refractivity contribution is 14.0. The van der Waals surface area contributed by atoms with Gasteiger partial charge in [-0.1, -0.05) is 129 Å². The molecule has 228 valence electrons. The van der Waals surface area contributed by atoms with E-state index in [9.17, 15) is 0 Å². The van der Waals surface area contributed by atoms with Gasteiger partial charge in [-0.15, -0.1) is 24.0 Å². The highest BCUT2D eigenvalue weighted by Crippen LogP contribution is 2.45. The average molecular weight is 745 g/mol. The van der Waals surface area contributed by atoms with Gasteiger partial charge in [0.15, 0.2) is 0 Å². The number of para-hydroxylation sites is 1. The molecule has 0 aliphatic carbocycles. The summed E-state index contributed by atoms with van der Waals surface area (Å²) in [5, 5.41) is 3.94. The van der Waals surface area contributed by atoms with Crippen LogP contribution in [0.3, 0.4) is 0 Å². The molecule has 7 heteroatoms. The first-order chi connectivity index (χ1) is 20.0. The van der Waals surface area contributed by atoms with Gasteiger partial charge in [-0.05, 0) is 66.2 Å². The summed E-state index contributed by atoms with van der Waals surface area (Å²) in [6.07, 6.45) is -2.37. The van der Waals surface area contributed by atoms with E-state index in [1.165, 1.54) is 21.5 Å². The second kappa shape index (κ2) is 14.5. The molecule has 43 heavy (non-hydrogen) atoms. The lowest BCUT2D eigenvalue weighted by Gasteiger charge is -2.39. The van der Waals surface area contributed by atoms with Gasteiger partial charge in [0.05, 0.1) is 0 Å². The van der Waals surface area contributed by atoms with E-state index in [2.05, 4.69) is 119 Å². The van der Waals surface area contributed by atoms with Crippen molar-refractivity contribution in [3.05, 3.63) is 120 Å². The number of alkyl halides is 2.